The SMILES string of the molecule is CC(C)C1(O)C=C2C(=O)C(O)C3C(C)(C=O)CCCC3(C)C2CC1. The van der Waals surface area contributed by atoms with Crippen molar-refractivity contribution < 1.29 is 19.8 Å². The summed E-state index contributed by atoms with van der Waals surface area (Å²) in [5.41, 5.74) is -1.31. The molecule has 4 nitrogen and oxygen atoms in total. The summed E-state index contributed by atoms with van der Waals surface area (Å²) in [6.07, 6.45) is 5.46. The number of carbonyl (C=O) groups is 2. The number of carbonyl (C=O) groups excluding carboxylic acids is 2. The van der Waals surface area contributed by atoms with Gasteiger partial charge in [0, 0.05) is 16.9 Å². The Kier molecular flexibility index (Phi) is 4.08. The number of fused-ring (bicyclic) bond motifs is 3. The van der Waals surface area contributed by atoms with Crippen LogP contribution in [0.1, 0.15) is 59.8 Å². The third-order valence-corrected chi connectivity index (χ3v) is 7.40. The van der Waals surface area contributed by atoms with Crippen LogP contribution in [0.25, 0.3) is 0 Å². The molecule has 134 valence electrons. The summed E-state index contributed by atoms with van der Waals surface area (Å²) in [6.45, 7) is 7.93. The third-order valence-electron chi connectivity index (χ3n) is 7.40. The van der Waals surface area contributed by atoms with E-state index in [0.717, 1.165) is 32.0 Å². The third kappa shape index (κ3) is 2.26. The zero-order valence-electron chi connectivity index (χ0n) is 15.2. The van der Waals surface area contributed by atoms with Crippen LogP contribution in [0.4, 0.5) is 0 Å². The van der Waals surface area contributed by atoms with Gasteiger partial charge in [0.2, 0.25) is 0 Å². The lowest BCUT2D eigenvalue weighted by Crippen LogP contribution is -2.61. The maximum absolute atomic E-state index is 12.9. The number of Topliss-reactive ketones (excluding diaryl/α,β-unsaturated/α-hetero) is 1. The van der Waals surface area contributed by atoms with Gasteiger partial charge in [0.25, 0.3) is 0 Å². The molecule has 0 heterocycles. The smallest absolute Gasteiger partial charge is 0.187 e. The number of hydrogen-bond donors (Lipinski definition) is 2. The van der Waals surface area contributed by atoms with E-state index in [1.165, 1.54) is 0 Å². The predicted molar refractivity (Wildman–Crippen MR) is 91.2 cm³/mol. The van der Waals surface area contributed by atoms with E-state index >= 15 is 0 Å². The normalized spacial score (nSPS) is 48.5. The zero-order valence-corrected chi connectivity index (χ0v) is 15.2. The molecule has 4 heteroatoms. The van der Waals surface area contributed by atoms with Crippen LogP contribution in [0.3, 0.4) is 0 Å². The number of aliphatic hydroxyl groups excluding tert-OH is 1. The van der Waals surface area contributed by atoms with Gasteiger partial charge in [-0.2, -0.15) is 0 Å². The second-order valence-corrected chi connectivity index (χ2v) is 9.11. The topological polar surface area (TPSA) is 74.6 Å². The maximum Gasteiger partial charge on any atom is 0.187 e. The molecule has 0 amide bonds. The van der Waals surface area contributed by atoms with Gasteiger partial charge < -0.3 is 15.0 Å². The van der Waals surface area contributed by atoms with Crippen LogP contribution >= 0.6 is 0 Å². The molecule has 0 spiro atoms. The monoisotopic (exact) mass is 334 g/mol. The van der Waals surface area contributed by atoms with Crippen molar-refractivity contribution in [2.75, 3.05) is 0 Å². The van der Waals surface area contributed by atoms with Crippen molar-refractivity contribution in [3.05, 3.63) is 11.6 Å². The Morgan fingerprint density at radius 2 is 1.92 bits per heavy atom. The fourth-order valence-electron chi connectivity index (χ4n) is 5.84. The Bertz CT molecular complexity index is 594. The van der Waals surface area contributed by atoms with Gasteiger partial charge >= 0.3 is 0 Å². The summed E-state index contributed by atoms with van der Waals surface area (Å²) in [5.74, 6) is -0.572. The van der Waals surface area contributed by atoms with Gasteiger partial charge in [0.05, 0.1) is 5.60 Å². The quantitative estimate of drug-likeness (QED) is 0.761. The Labute approximate surface area is 144 Å². The zero-order chi connectivity index (χ0) is 17.9. The van der Waals surface area contributed by atoms with Gasteiger partial charge in [-0.25, -0.2) is 0 Å². The molecule has 3 rings (SSSR count). The Balaban J connectivity index is 2.11. The highest BCUT2D eigenvalue weighted by Gasteiger charge is 2.62. The van der Waals surface area contributed by atoms with E-state index in [0.29, 0.717) is 12.0 Å². The van der Waals surface area contributed by atoms with E-state index in [2.05, 4.69) is 6.92 Å². The molecule has 2 saturated carbocycles. The first-order chi connectivity index (χ1) is 11.1. The lowest BCUT2D eigenvalue weighted by atomic mass is 9.44. The van der Waals surface area contributed by atoms with E-state index in [9.17, 15) is 19.8 Å². The minimum Gasteiger partial charge on any atom is -0.386 e. The van der Waals surface area contributed by atoms with E-state index in [1.807, 2.05) is 20.8 Å². The number of aldehydes is 1. The summed E-state index contributed by atoms with van der Waals surface area (Å²) in [6, 6.07) is 0. The molecule has 0 saturated heterocycles. The van der Waals surface area contributed by atoms with Crippen LogP contribution in [-0.4, -0.2) is 34.0 Å². The molecule has 3 aliphatic rings. The van der Waals surface area contributed by atoms with Crippen molar-refractivity contribution in [1.29, 1.82) is 0 Å². The van der Waals surface area contributed by atoms with E-state index < -0.39 is 17.1 Å². The van der Waals surface area contributed by atoms with E-state index in [4.69, 9.17) is 0 Å². The van der Waals surface area contributed by atoms with E-state index in [-0.39, 0.29) is 29.0 Å². The van der Waals surface area contributed by atoms with Crippen LogP contribution in [0.15, 0.2) is 11.6 Å². The average Bonchev–Trinajstić information content (AvgIpc) is 2.52. The van der Waals surface area contributed by atoms with Gasteiger partial charge in [-0.15, -0.1) is 0 Å². The number of ketones is 1. The molecule has 0 radical (unpaired) electrons. The van der Waals surface area contributed by atoms with Crippen LogP contribution in [0, 0.1) is 28.6 Å². The number of rotatable bonds is 2. The molecule has 0 aromatic carbocycles. The predicted octanol–water partition coefficient (Wildman–Crippen LogP) is 2.67. The van der Waals surface area contributed by atoms with Gasteiger partial charge in [0.15, 0.2) is 5.78 Å². The minimum absolute atomic E-state index is 0.0213. The standard InChI is InChI=1S/C20H30O4/c1-12(2)20(24)9-6-14-13(10-20)15(22)16(23)17-18(3,11-21)7-5-8-19(14,17)4/h10-12,14,16-17,23-24H,5-9H2,1-4H3. The Morgan fingerprint density at radius 1 is 1.25 bits per heavy atom. The summed E-state index contributed by atoms with van der Waals surface area (Å²) in [4.78, 5) is 24.7. The van der Waals surface area contributed by atoms with Crippen molar-refractivity contribution in [3.63, 3.8) is 0 Å². The van der Waals surface area contributed by atoms with Gasteiger partial charge in [-0.1, -0.05) is 34.1 Å². The highest BCUT2D eigenvalue weighted by Crippen LogP contribution is 2.62. The van der Waals surface area contributed by atoms with Crippen molar-refractivity contribution >= 4 is 12.1 Å². The molecule has 0 aromatic rings. The Morgan fingerprint density at radius 3 is 2.50 bits per heavy atom. The second kappa shape index (κ2) is 5.50. The van der Waals surface area contributed by atoms with Crippen molar-refractivity contribution in [2.45, 2.75) is 71.5 Å². The van der Waals surface area contributed by atoms with Crippen molar-refractivity contribution in [3.8, 4) is 0 Å². The molecule has 0 bridgehead atoms. The summed E-state index contributed by atoms with van der Waals surface area (Å²) < 4.78 is 0. The second-order valence-electron chi connectivity index (χ2n) is 9.11. The molecule has 2 N–H and O–H groups in total. The Hall–Kier alpha value is -1.00. The summed E-state index contributed by atoms with van der Waals surface area (Å²) >= 11 is 0. The molecular formula is C20H30O4. The molecule has 6 unspecified atom stereocenters. The highest BCUT2D eigenvalue weighted by atomic mass is 16.3. The number of hydrogen-bond acceptors (Lipinski definition) is 4. The molecule has 24 heavy (non-hydrogen) atoms. The molecule has 2 fully saturated rings. The largest absolute Gasteiger partial charge is 0.386 e. The van der Waals surface area contributed by atoms with Crippen LogP contribution in [-0.2, 0) is 9.59 Å². The minimum atomic E-state index is -1.15. The van der Waals surface area contributed by atoms with Gasteiger partial charge in [-0.3, -0.25) is 4.79 Å². The highest BCUT2D eigenvalue weighted by molar-refractivity contribution is 6.01. The maximum atomic E-state index is 12.9. The van der Waals surface area contributed by atoms with Crippen molar-refractivity contribution in [2.24, 2.45) is 28.6 Å². The first-order valence-corrected chi connectivity index (χ1v) is 9.23. The summed E-state index contributed by atoms with van der Waals surface area (Å²) in [7, 11) is 0. The van der Waals surface area contributed by atoms with Gasteiger partial charge in [-0.05, 0) is 49.0 Å². The molecular weight excluding hydrogens is 304 g/mol. The fourth-order valence-corrected chi connectivity index (χ4v) is 5.84. The first kappa shape index (κ1) is 17.8. The average molecular weight is 334 g/mol. The van der Waals surface area contributed by atoms with Crippen LogP contribution in [0.5, 0.6) is 0 Å². The van der Waals surface area contributed by atoms with E-state index in [1.54, 1.807) is 6.08 Å². The first-order valence-electron chi connectivity index (χ1n) is 9.23. The molecule has 0 aliphatic heterocycles. The summed E-state index contributed by atoms with van der Waals surface area (Å²) in [5, 5.41) is 21.7. The lowest BCUT2D eigenvalue weighted by Gasteiger charge is -2.59. The van der Waals surface area contributed by atoms with Crippen LogP contribution in [0.2, 0.25) is 0 Å². The number of aliphatic hydroxyl groups is 2. The fraction of sp³-hybridized carbons (Fsp3) is 0.800. The van der Waals surface area contributed by atoms with Gasteiger partial charge in [0.1, 0.15) is 12.4 Å². The molecule has 3 aliphatic carbocycles. The van der Waals surface area contributed by atoms with Crippen molar-refractivity contribution in [1.82, 2.24) is 0 Å². The molecule has 0 aromatic heterocycles. The molecule has 6 atom stereocenters. The lowest BCUT2D eigenvalue weighted by molar-refractivity contribution is -0.163. The van der Waals surface area contributed by atoms with Crippen LogP contribution < -0.4 is 0 Å².